The van der Waals surface area contributed by atoms with E-state index >= 15 is 0 Å². The number of nitrogens with one attached hydrogen (secondary N) is 4. The third-order valence-electron chi connectivity index (χ3n) is 8.39. The predicted molar refractivity (Wildman–Crippen MR) is 182 cm³/mol. The molecule has 0 bridgehead atoms. The first-order valence-electron chi connectivity index (χ1n) is 15.5. The molecule has 11 heteroatoms. The van der Waals surface area contributed by atoms with Gasteiger partial charge in [0, 0.05) is 59.5 Å². The van der Waals surface area contributed by atoms with Gasteiger partial charge in [-0.3, -0.25) is 15.2 Å². The van der Waals surface area contributed by atoms with Gasteiger partial charge in [0.15, 0.2) is 5.82 Å². The van der Waals surface area contributed by atoms with E-state index in [2.05, 4.69) is 38.6 Å². The smallest absolute Gasteiger partial charge is 0.227 e. The topological polar surface area (TPSA) is 149 Å². The molecule has 1 fully saturated rings. The van der Waals surface area contributed by atoms with Crippen LogP contribution < -0.4 is 16.4 Å². The molecule has 3 aromatic heterocycles. The van der Waals surface area contributed by atoms with E-state index in [0.29, 0.717) is 40.0 Å². The highest BCUT2D eigenvalue weighted by Gasteiger charge is 2.25. The number of imidazole rings is 1. The van der Waals surface area contributed by atoms with Gasteiger partial charge in [-0.1, -0.05) is 19.4 Å². The number of H-pyrrole nitrogens is 1. The van der Waals surface area contributed by atoms with Crippen molar-refractivity contribution in [2.45, 2.75) is 32.6 Å². The number of halogens is 1. The molecule has 1 aliphatic rings. The summed E-state index contributed by atoms with van der Waals surface area (Å²) in [5.74, 6) is 0.227. The van der Waals surface area contributed by atoms with Gasteiger partial charge in [0.05, 0.1) is 17.2 Å². The van der Waals surface area contributed by atoms with Crippen molar-refractivity contribution in [2.24, 2.45) is 5.92 Å². The quantitative estimate of drug-likeness (QED) is 0.112. The molecule has 236 valence electrons. The van der Waals surface area contributed by atoms with Crippen molar-refractivity contribution in [1.29, 1.82) is 5.41 Å². The number of nitrogen functional groups attached to an aromatic ring is 1. The Morgan fingerprint density at radius 1 is 1.04 bits per heavy atom. The van der Waals surface area contributed by atoms with E-state index in [1.165, 1.54) is 12.1 Å². The molecule has 6 rings (SSSR count). The third kappa shape index (κ3) is 6.59. The number of aromatic amines is 1. The Bertz CT molecular complexity index is 1930. The fourth-order valence-electron chi connectivity index (χ4n) is 5.54. The molecule has 0 spiro atoms. The molecule has 0 unspecified atom stereocenters. The van der Waals surface area contributed by atoms with Crippen LogP contribution in [-0.4, -0.2) is 63.6 Å². The lowest BCUT2D eigenvalue weighted by Crippen LogP contribution is -2.28. The summed E-state index contributed by atoms with van der Waals surface area (Å²) in [5, 5.41) is 15.4. The summed E-state index contributed by atoms with van der Waals surface area (Å²) in [6.07, 6.45) is 8.69. The molecule has 0 aliphatic heterocycles. The van der Waals surface area contributed by atoms with E-state index in [0.717, 1.165) is 54.6 Å². The summed E-state index contributed by atoms with van der Waals surface area (Å²) in [7, 11) is 3.96. The summed E-state index contributed by atoms with van der Waals surface area (Å²) in [6.45, 7) is 3.53. The molecular formula is C35H38FN9O. The number of nitrogens with two attached hydrogens (primary N) is 1. The number of likely N-dealkylation sites (N-methyl/N-ethyl adjacent to an activating group) is 1. The average molecular weight is 620 g/mol. The van der Waals surface area contributed by atoms with Crippen LogP contribution >= 0.6 is 0 Å². The van der Waals surface area contributed by atoms with E-state index in [-0.39, 0.29) is 35.0 Å². The highest BCUT2D eigenvalue weighted by atomic mass is 19.1. The van der Waals surface area contributed by atoms with Crippen LogP contribution in [0.5, 0.6) is 0 Å². The fourth-order valence-corrected chi connectivity index (χ4v) is 5.54. The van der Waals surface area contributed by atoms with Crippen molar-refractivity contribution >= 4 is 39.8 Å². The third-order valence-corrected chi connectivity index (χ3v) is 8.39. The molecule has 1 aliphatic carbocycles. The van der Waals surface area contributed by atoms with Gasteiger partial charge >= 0.3 is 0 Å². The number of carbonyl (C=O) groups is 1. The van der Waals surface area contributed by atoms with Crippen LogP contribution in [0.1, 0.15) is 43.1 Å². The highest BCUT2D eigenvalue weighted by Crippen LogP contribution is 2.32. The van der Waals surface area contributed by atoms with Crippen molar-refractivity contribution in [3.63, 3.8) is 0 Å². The zero-order chi connectivity index (χ0) is 32.4. The Labute approximate surface area is 267 Å². The van der Waals surface area contributed by atoms with Crippen molar-refractivity contribution in [2.75, 3.05) is 43.6 Å². The Balaban J connectivity index is 1.31. The summed E-state index contributed by atoms with van der Waals surface area (Å²) < 4.78 is 14.7. The molecule has 6 N–H and O–H groups in total. The number of carbonyl (C=O) groups excluding carboxylic acids is 1. The number of hydrogen-bond acceptors (Lipinski definition) is 8. The van der Waals surface area contributed by atoms with Crippen molar-refractivity contribution in [1.82, 2.24) is 24.8 Å². The van der Waals surface area contributed by atoms with Crippen LogP contribution in [0.25, 0.3) is 33.3 Å². The minimum atomic E-state index is -0.376. The first kappa shape index (κ1) is 30.8. The molecule has 0 saturated heterocycles. The SMILES string of the molecule is CCc1cc(NC(=O)C2CCC2)cc(-c2cnc(N)c(C(=N)c3nc4c(-c5cc(F)cc(NCCN(C)C)c5)cncc4[nH]3)c2)c1. The number of amides is 1. The number of nitrogens with zero attached hydrogens (tertiary/aromatic N) is 4. The largest absolute Gasteiger partial charge is 0.384 e. The van der Waals surface area contributed by atoms with Gasteiger partial charge < -0.3 is 26.3 Å². The van der Waals surface area contributed by atoms with Crippen molar-refractivity contribution in [3.8, 4) is 22.3 Å². The lowest BCUT2D eigenvalue weighted by Gasteiger charge is -2.24. The Morgan fingerprint density at radius 3 is 2.59 bits per heavy atom. The van der Waals surface area contributed by atoms with Crippen LogP contribution in [0.4, 0.5) is 21.6 Å². The number of fused-ring (bicyclic) bond motifs is 1. The van der Waals surface area contributed by atoms with E-state index in [1.807, 2.05) is 43.3 Å². The van der Waals surface area contributed by atoms with Crippen LogP contribution in [0.15, 0.2) is 61.1 Å². The molecule has 0 atom stereocenters. The zero-order valence-corrected chi connectivity index (χ0v) is 26.2. The second-order valence-corrected chi connectivity index (χ2v) is 12.0. The zero-order valence-electron chi connectivity index (χ0n) is 26.2. The molecule has 1 amide bonds. The Morgan fingerprint density at radius 2 is 1.85 bits per heavy atom. The van der Waals surface area contributed by atoms with Crippen molar-refractivity contribution in [3.05, 3.63) is 83.8 Å². The number of anilines is 3. The Hall–Kier alpha value is -5.16. The standard InChI is InChI=1S/C35H38FN9O/c1-4-20-10-22(13-27(11-20)42-35(46)21-6-5-7-21)24-15-28(33(38)41-17-24)31(37)34-43-30-19-39-18-29(32(30)44-34)23-12-25(36)16-26(14-23)40-8-9-45(2)3/h10-19,21,37,40H,4-9H2,1-3H3,(H2,38,41)(H,42,46)(H,43,44). The first-order valence-corrected chi connectivity index (χ1v) is 15.5. The second kappa shape index (κ2) is 13.1. The number of benzene rings is 2. The molecule has 10 nitrogen and oxygen atoms in total. The normalized spacial score (nSPS) is 13.2. The van der Waals surface area contributed by atoms with Gasteiger partial charge in [-0.15, -0.1) is 0 Å². The van der Waals surface area contributed by atoms with Gasteiger partial charge in [0.25, 0.3) is 0 Å². The molecule has 2 aromatic carbocycles. The van der Waals surface area contributed by atoms with E-state index in [4.69, 9.17) is 16.1 Å². The number of aromatic nitrogens is 4. The summed E-state index contributed by atoms with van der Waals surface area (Å²) in [4.78, 5) is 31.4. The minimum Gasteiger partial charge on any atom is -0.384 e. The monoisotopic (exact) mass is 619 g/mol. The average Bonchev–Trinajstić information content (AvgIpc) is 3.44. The van der Waals surface area contributed by atoms with Crippen molar-refractivity contribution < 1.29 is 9.18 Å². The molecule has 1 saturated carbocycles. The van der Waals surface area contributed by atoms with E-state index in [1.54, 1.807) is 18.6 Å². The predicted octanol–water partition coefficient (Wildman–Crippen LogP) is 6.10. The van der Waals surface area contributed by atoms with E-state index in [9.17, 15) is 9.18 Å². The van der Waals surface area contributed by atoms with Gasteiger partial charge in [-0.05, 0) is 86.4 Å². The van der Waals surface area contributed by atoms with Gasteiger partial charge in [-0.2, -0.15) is 0 Å². The molecule has 5 aromatic rings. The summed E-state index contributed by atoms with van der Waals surface area (Å²) >= 11 is 0. The number of hydrogen-bond donors (Lipinski definition) is 5. The maximum Gasteiger partial charge on any atom is 0.227 e. The lowest BCUT2D eigenvalue weighted by molar-refractivity contribution is -0.122. The Kier molecular flexibility index (Phi) is 8.76. The maximum absolute atomic E-state index is 14.7. The number of aryl methyl sites for hydroxylation is 1. The molecule has 46 heavy (non-hydrogen) atoms. The fraction of sp³-hybridized carbons (Fsp3) is 0.286. The van der Waals surface area contributed by atoms with Crippen LogP contribution in [-0.2, 0) is 11.2 Å². The molecule has 0 radical (unpaired) electrons. The molecular weight excluding hydrogens is 581 g/mol. The van der Waals surface area contributed by atoms with Gasteiger partial charge in [0.2, 0.25) is 5.91 Å². The van der Waals surface area contributed by atoms with Crippen LogP contribution in [0.3, 0.4) is 0 Å². The van der Waals surface area contributed by atoms with Crippen LogP contribution in [0, 0.1) is 17.1 Å². The van der Waals surface area contributed by atoms with Crippen LogP contribution in [0.2, 0.25) is 0 Å². The molecule has 3 heterocycles. The van der Waals surface area contributed by atoms with Gasteiger partial charge in [0.1, 0.15) is 17.3 Å². The lowest BCUT2D eigenvalue weighted by atomic mass is 9.85. The van der Waals surface area contributed by atoms with E-state index < -0.39 is 0 Å². The summed E-state index contributed by atoms with van der Waals surface area (Å²) in [6, 6.07) is 12.6. The summed E-state index contributed by atoms with van der Waals surface area (Å²) in [5.41, 5.74) is 13.3. The maximum atomic E-state index is 14.7. The second-order valence-electron chi connectivity index (χ2n) is 12.0. The number of pyridine rings is 2. The highest BCUT2D eigenvalue weighted by molar-refractivity contribution is 6.13. The van der Waals surface area contributed by atoms with Gasteiger partial charge in [-0.25, -0.2) is 14.4 Å². The first-order chi connectivity index (χ1) is 22.2. The number of rotatable bonds is 11. The minimum absolute atomic E-state index is 0.0529.